The molecule has 0 amide bonds. The van der Waals surface area contributed by atoms with Crippen molar-refractivity contribution in [3.05, 3.63) is 23.9 Å². The van der Waals surface area contributed by atoms with E-state index in [-0.39, 0.29) is 6.61 Å². The van der Waals surface area contributed by atoms with Gasteiger partial charge in [-0.05, 0) is 12.1 Å². The molecule has 0 unspecified atom stereocenters. The summed E-state index contributed by atoms with van der Waals surface area (Å²) in [7, 11) is 0. The lowest BCUT2D eigenvalue weighted by molar-refractivity contribution is 0.188. The van der Waals surface area contributed by atoms with Crippen LogP contribution in [0.3, 0.4) is 0 Å². The Morgan fingerprint density at radius 3 is 2.76 bits per heavy atom. The van der Waals surface area contributed by atoms with Crippen LogP contribution in [0, 0.1) is 11.3 Å². The van der Waals surface area contributed by atoms with Crippen molar-refractivity contribution in [3.63, 3.8) is 0 Å². The van der Waals surface area contributed by atoms with Gasteiger partial charge in [0.25, 0.3) is 0 Å². The molecule has 0 spiro atoms. The largest absolute Gasteiger partial charge is 0.395 e. The molecule has 0 aromatic carbocycles. The Labute approximate surface area is 101 Å². The average molecular weight is 232 g/mol. The molecule has 2 heterocycles. The summed E-state index contributed by atoms with van der Waals surface area (Å²) in [6.07, 6.45) is 1.67. The molecule has 5 nitrogen and oxygen atoms in total. The second-order valence-corrected chi connectivity index (χ2v) is 4.07. The van der Waals surface area contributed by atoms with Crippen molar-refractivity contribution in [1.82, 2.24) is 9.88 Å². The number of aliphatic hydroxyl groups is 1. The molecule has 0 bridgehead atoms. The first-order valence-corrected chi connectivity index (χ1v) is 5.78. The molecular formula is C12H16N4O. The second-order valence-electron chi connectivity index (χ2n) is 4.07. The van der Waals surface area contributed by atoms with E-state index < -0.39 is 0 Å². The Kier molecular flexibility index (Phi) is 3.91. The highest BCUT2D eigenvalue weighted by atomic mass is 16.3. The fraction of sp³-hybridized carbons (Fsp3) is 0.500. The van der Waals surface area contributed by atoms with Crippen LogP contribution in [-0.4, -0.2) is 54.3 Å². The fourth-order valence-corrected chi connectivity index (χ4v) is 2.00. The maximum atomic E-state index is 8.87. The van der Waals surface area contributed by atoms with Crippen LogP contribution in [0.4, 0.5) is 5.82 Å². The van der Waals surface area contributed by atoms with Gasteiger partial charge in [0.05, 0.1) is 18.2 Å². The third-order valence-electron chi connectivity index (χ3n) is 2.99. The Hall–Kier alpha value is -1.64. The summed E-state index contributed by atoms with van der Waals surface area (Å²) >= 11 is 0. The summed E-state index contributed by atoms with van der Waals surface area (Å²) in [6.45, 7) is 4.59. The van der Waals surface area contributed by atoms with Crippen molar-refractivity contribution >= 4 is 5.82 Å². The second kappa shape index (κ2) is 5.62. The third-order valence-corrected chi connectivity index (χ3v) is 2.99. The van der Waals surface area contributed by atoms with E-state index in [2.05, 4.69) is 20.9 Å². The van der Waals surface area contributed by atoms with E-state index in [9.17, 15) is 0 Å². The smallest absolute Gasteiger partial charge is 0.129 e. The number of nitriles is 1. The van der Waals surface area contributed by atoms with Gasteiger partial charge in [-0.15, -0.1) is 0 Å². The first kappa shape index (κ1) is 11.8. The fourth-order valence-electron chi connectivity index (χ4n) is 2.00. The number of hydrogen-bond donors (Lipinski definition) is 1. The van der Waals surface area contributed by atoms with Crippen LogP contribution in [0.1, 0.15) is 5.56 Å². The van der Waals surface area contributed by atoms with Crippen molar-refractivity contribution in [2.24, 2.45) is 0 Å². The van der Waals surface area contributed by atoms with E-state index in [0.717, 1.165) is 38.5 Å². The predicted molar refractivity (Wildman–Crippen MR) is 64.7 cm³/mol. The molecule has 1 aromatic rings. The van der Waals surface area contributed by atoms with Crippen LogP contribution in [0.15, 0.2) is 18.3 Å². The lowest BCUT2D eigenvalue weighted by atomic mass is 10.2. The van der Waals surface area contributed by atoms with Gasteiger partial charge in [0.15, 0.2) is 0 Å². The Morgan fingerprint density at radius 1 is 1.35 bits per heavy atom. The number of aromatic nitrogens is 1. The van der Waals surface area contributed by atoms with E-state index in [1.165, 1.54) is 0 Å². The van der Waals surface area contributed by atoms with E-state index in [4.69, 9.17) is 10.4 Å². The molecule has 1 saturated heterocycles. The molecule has 1 aromatic heterocycles. The maximum Gasteiger partial charge on any atom is 0.129 e. The van der Waals surface area contributed by atoms with E-state index >= 15 is 0 Å². The molecule has 5 heteroatoms. The van der Waals surface area contributed by atoms with Crippen molar-refractivity contribution in [3.8, 4) is 6.07 Å². The molecule has 2 rings (SSSR count). The van der Waals surface area contributed by atoms with Gasteiger partial charge in [-0.25, -0.2) is 4.98 Å². The number of β-amino-alcohol motifs (C(OH)–C–C–N with tert-alkyl or cyclic N) is 1. The van der Waals surface area contributed by atoms with Gasteiger partial charge in [0.2, 0.25) is 0 Å². The van der Waals surface area contributed by atoms with Crippen molar-refractivity contribution < 1.29 is 5.11 Å². The lowest BCUT2D eigenvalue weighted by Crippen LogP contribution is -2.47. The molecule has 0 aliphatic carbocycles. The summed E-state index contributed by atoms with van der Waals surface area (Å²) in [4.78, 5) is 8.69. The predicted octanol–water partition coefficient (Wildman–Crippen LogP) is 0.0676. The SMILES string of the molecule is N#Cc1ccnc(N2CCN(CCO)CC2)c1. The minimum absolute atomic E-state index is 0.210. The van der Waals surface area contributed by atoms with Crippen LogP contribution in [0.2, 0.25) is 0 Å². The molecule has 1 fully saturated rings. The van der Waals surface area contributed by atoms with E-state index in [1.54, 1.807) is 12.3 Å². The maximum absolute atomic E-state index is 8.87. The standard InChI is InChI=1S/C12H16N4O/c13-10-11-1-2-14-12(9-11)16-5-3-15(4-6-16)7-8-17/h1-2,9,17H,3-8H2. The number of aliphatic hydroxyl groups excluding tert-OH is 1. The highest BCUT2D eigenvalue weighted by Gasteiger charge is 2.17. The monoisotopic (exact) mass is 232 g/mol. The molecule has 17 heavy (non-hydrogen) atoms. The third kappa shape index (κ3) is 2.93. The Bertz CT molecular complexity index is 407. The number of piperazine rings is 1. The first-order valence-electron chi connectivity index (χ1n) is 5.78. The summed E-state index contributed by atoms with van der Waals surface area (Å²) in [5.74, 6) is 0.868. The number of anilines is 1. The highest BCUT2D eigenvalue weighted by Crippen LogP contribution is 2.14. The lowest BCUT2D eigenvalue weighted by Gasteiger charge is -2.35. The van der Waals surface area contributed by atoms with Crippen molar-refractivity contribution in [1.29, 1.82) is 5.26 Å². The van der Waals surface area contributed by atoms with Gasteiger partial charge < -0.3 is 10.0 Å². The van der Waals surface area contributed by atoms with Gasteiger partial charge in [-0.3, -0.25) is 4.90 Å². The van der Waals surface area contributed by atoms with Crippen molar-refractivity contribution in [2.45, 2.75) is 0 Å². The zero-order chi connectivity index (χ0) is 12.1. The topological polar surface area (TPSA) is 63.4 Å². The molecule has 0 atom stereocenters. The minimum atomic E-state index is 0.210. The molecule has 1 N–H and O–H groups in total. The van der Waals surface area contributed by atoms with Gasteiger partial charge in [0.1, 0.15) is 5.82 Å². The van der Waals surface area contributed by atoms with Crippen molar-refractivity contribution in [2.75, 3.05) is 44.2 Å². The Morgan fingerprint density at radius 2 is 2.12 bits per heavy atom. The Balaban J connectivity index is 1.98. The molecule has 90 valence electrons. The molecule has 0 radical (unpaired) electrons. The number of hydrogen-bond acceptors (Lipinski definition) is 5. The number of pyridine rings is 1. The van der Waals surface area contributed by atoms with Crippen LogP contribution < -0.4 is 4.90 Å². The quantitative estimate of drug-likeness (QED) is 0.799. The normalized spacial score (nSPS) is 16.8. The molecular weight excluding hydrogens is 216 g/mol. The number of rotatable bonds is 3. The zero-order valence-electron chi connectivity index (χ0n) is 9.71. The average Bonchev–Trinajstić information content (AvgIpc) is 2.40. The summed E-state index contributed by atoms with van der Waals surface area (Å²) < 4.78 is 0. The molecule has 0 saturated carbocycles. The summed E-state index contributed by atoms with van der Waals surface area (Å²) in [6, 6.07) is 5.66. The van der Waals surface area contributed by atoms with Crippen LogP contribution in [0.25, 0.3) is 0 Å². The zero-order valence-corrected chi connectivity index (χ0v) is 9.71. The van der Waals surface area contributed by atoms with E-state index in [0.29, 0.717) is 5.56 Å². The highest BCUT2D eigenvalue weighted by molar-refractivity contribution is 5.45. The van der Waals surface area contributed by atoms with Crippen LogP contribution in [0.5, 0.6) is 0 Å². The van der Waals surface area contributed by atoms with Gasteiger partial charge >= 0.3 is 0 Å². The summed E-state index contributed by atoms with van der Waals surface area (Å²) in [5, 5.41) is 17.7. The van der Waals surface area contributed by atoms with Gasteiger partial charge in [-0.1, -0.05) is 0 Å². The molecule has 1 aliphatic rings. The van der Waals surface area contributed by atoms with Gasteiger partial charge in [0, 0.05) is 38.9 Å². The minimum Gasteiger partial charge on any atom is -0.395 e. The van der Waals surface area contributed by atoms with Crippen LogP contribution in [-0.2, 0) is 0 Å². The van der Waals surface area contributed by atoms with Crippen LogP contribution >= 0.6 is 0 Å². The first-order chi connectivity index (χ1) is 8.33. The molecule has 1 aliphatic heterocycles. The van der Waals surface area contributed by atoms with Gasteiger partial charge in [-0.2, -0.15) is 5.26 Å². The summed E-state index contributed by atoms with van der Waals surface area (Å²) in [5.41, 5.74) is 0.646. The number of nitrogens with zero attached hydrogens (tertiary/aromatic N) is 4. The van der Waals surface area contributed by atoms with E-state index in [1.807, 2.05) is 6.07 Å².